The predicted octanol–water partition coefficient (Wildman–Crippen LogP) is 4.36. The van der Waals surface area contributed by atoms with E-state index in [0.717, 1.165) is 64.4 Å². The Balaban J connectivity index is 1.65. The van der Waals surface area contributed by atoms with Crippen LogP contribution in [0.2, 0.25) is 0 Å². The second kappa shape index (κ2) is 7.95. The van der Waals surface area contributed by atoms with E-state index in [1.54, 1.807) is 17.4 Å². The number of hydrogen-bond donors (Lipinski definition) is 3. The van der Waals surface area contributed by atoms with Crippen molar-refractivity contribution in [2.24, 2.45) is 11.1 Å². The Morgan fingerprint density at radius 3 is 2.67 bits per heavy atom. The van der Waals surface area contributed by atoms with Crippen molar-refractivity contribution in [3.05, 3.63) is 40.0 Å². The molecule has 2 aromatic heterocycles. The first kappa shape index (κ1) is 22.1. The lowest BCUT2D eigenvalue weighted by Gasteiger charge is -2.30. The number of carbonyl (C=O) groups excluding carboxylic acids is 2. The molecule has 3 aromatic rings. The fraction of sp³-hybridized carbons (Fsp3) is 0.480. The average Bonchev–Trinajstić information content (AvgIpc) is 3.22. The smallest absolute Gasteiger partial charge is 0.250 e. The van der Waals surface area contributed by atoms with E-state index in [4.69, 9.17) is 10.7 Å². The van der Waals surface area contributed by atoms with Gasteiger partial charge in [-0.1, -0.05) is 13.8 Å². The zero-order chi connectivity index (χ0) is 23.5. The van der Waals surface area contributed by atoms with Gasteiger partial charge in [0.1, 0.15) is 10.3 Å². The maximum atomic E-state index is 13.1. The Hall–Kier alpha value is -2.71. The van der Waals surface area contributed by atoms with E-state index in [1.807, 2.05) is 19.1 Å². The Morgan fingerprint density at radius 1 is 1.24 bits per heavy atom. The highest BCUT2D eigenvalue weighted by Crippen LogP contribution is 2.43. The van der Waals surface area contributed by atoms with Crippen molar-refractivity contribution in [1.29, 1.82) is 0 Å². The molecule has 0 saturated heterocycles. The molecule has 0 atom stereocenters. The molecule has 0 unspecified atom stereocenters. The van der Waals surface area contributed by atoms with Crippen LogP contribution in [0.25, 0.3) is 16.0 Å². The number of fused-ring (bicyclic) bond motifs is 3. The summed E-state index contributed by atoms with van der Waals surface area (Å²) >= 11 is 1.58. The third-order valence-electron chi connectivity index (χ3n) is 6.86. The van der Waals surface area contributed by atoms with Gasteiger partial charge in [0.05, 0.1) is 22.2 Å². The number of aromatic nitrogens is 2. The number of aliphatic hydroxyl groups excluding tert-OH is 1. The van der Waals surface area contributed by atoms with Gasteiger partial charge in [-0.25, -0.2) is 4.98 Å². The number of benzene rings is 1. The molecule has 2 aliphatic rings. The second-order valence-corrected chi connectivity index (χ2v) is 11.4. The zero-order valence-corrected chi connectivity index (χ0v) is 20.1. The topological polar surface area (TPSA) is 110 Å². The molecule has 0 aliphatic heterocycles. The summed E-state index contributed by atoms with van der Waals surface area (Å²) in [7, 11) is 0. The lowest BCUT2D eigenvalue weighted by Crippen LogP contribution is -2.29. The van der Waals surface area contributed by atoms with Crippen LogP contribution in [0.1, 0.15) is 77.4 Å². The van der Waals surface area contributed by atoms with Crippen molar-refractivity contribution in [3.8, 4) is 5.69 Å². The fourth-order valence-electron chi connectivity index (χ4n) is 5.32. The minimum absolute atomic E-state index is 0.130. The van der Waals surface area contributed by atoms with E-state index < -0.39 is 5.91 Å². The Kier molecular flexibility index (Phi) is 5.33. The summed E-state index contributed by atoms with van der Waals surface area (Å²) in [4.78, 5) is 31.0. The van der Waals surface area contributed by atoms with Crippen molar-refractivity contribution in [2.45, 2.75) is 71.4 Å². The summed E-state index contributed by atoms with van der Waals surface area (Å²) in [6.45, 7) is 6.20. The minimum atomic E-state index is -0.482. The number of Topliss-reactive ketones (excluding diaryl/α,β-unsaturated/α-hetero) is 1. The van der Waals surface area contributed by atoms with Crippen molar-refractivity contribution in [1.82, 2.24) is 9.55 Å². The SMILES string of the molecule is Cc1nc2c3c(n(-c4ccc(C(N)=O)c(N[C@H]5CC[C@H](O)CC5)c4)c2s1)CC(C)(C)CC3=O. The number of hydrogen-bond acceptors (Lipinski definition) is 6. The summed E-state index contributed by atoms with van der Waals surface area (Å²) in [5.41, 5.74) is 10.1. The fourth-order valence-corrected chi connectivity index (χ4v) is 6.29. The summed E-state index contributed by atoms with van der Waals surface area (Å²) in [6, 6.07) is 5.80. The average molecular weight is 467 g/mol. The Labute approximate surface area is 197 Å². The van der Waals surface area contributed by atoms with Crippen molar-refractivity contribution < 1.29 is 14.7 Å². The van der Waals surface area contributed by atoms with Gasteiger partial charge in [0.15, 0.2) is 5.78 Å². The van der Waals surface area contributed by atoms with E-state index in [9.17, 15) is 14.7 Å². The summed E-state index contributed by atoms with van der Waals surface area (Å²) in [5, 5.41) is 14.3. The number of carbonyl (C=O) groups is 2. The number of nitrogens with one attached hydrogen (secondary N) is 1. The van der Waals surface area contributed by atoms with E-state index in [0.29, 0.717) is 17.7 Å². The number of amides is 1. The first-order valence-electron chi connectivity index (χ1n) is 11.6. The number of aryl methyl sites for hydroxylation is 1. The number of aliphatic hydroxyl groups is 1. The van der Waals surface area contributed by atoms with Crippen LogP contribution in [0.15, 0.2) is 18.2 Å². The van der Waals surface area contributed by atoms with E-state index in [1.165, 1.54) is 0 Å². The number of nitrogens with zero attached hydrogens (tertiary/aromatic N) is 2. The van der Waals surface area contributed by atoms with Gasteiger partial charge in [-0.05, 0) is 62.6 Å². The number of rotatable bonds is 4. The van der Waals surface area contributed by atoms with Crippen LogP contribution in [0.3, 0.4) is 0 Å². The molecular formula is C25H30N4O3S. The summed E-state index contributed by atoms with van der Waals surface area (Å²) < 4.78 is 2.15. The maximum Gasteiger partial charge on any atom is 0.250 e. The molecule has 8 heteroatoms. The van der Waals surface area contributed by atoms with Crippen molar-refractivity contribution >= 4 is 39.1 Å². The zero-order valence-electron chi connectivity index (χ0n) is 19.3. The first-order valence-corrected chi connectivity index (χ1v) is 12.4. The second-order valence-electron chi connectivity index (χ2n) is 10.2. The molecule has 0 bridgehead atoms. The number of nitrogens with two attached hydrogens (primary N) is 1. The van der Waals surface area contributed by atoms with Gasteiger partial charge in [-0.2, -0.15) is 0 Å². The Bertz CT molecular complexity index is 1260. The molecule has 2 aliphatic carbocycles. The van der Waals surface area contributed by atoms with Gasteiger partial charge in [-0.15, -0.1) is 11.3 Å². The molecule has 1 amide bonds. The van der Waals surface area contributed by atoms with Gasteiger partial charge >= 0.3 is 0 Å². The highest BCUT2D eigenvalue weighted by molar-refractivity contribution is 7.18. The molecule has 174 valence electrons. The lowest BCUT2D eigenvalue weighted by atomic mass is 9.76. The quantitative estimate of drug-likeness (QED) is 0.529. The van der Waals surface area contributed by atoms with Gasteiger partial charge in [0.25, 0.3) is 5.91 Å². The summed E-state index contributed by atoms with van der Waals surface area (Å²) in [6.07, 6.45) is 4.19. The van der Waals surface area contributed by atoms with Gasteiger partial charge in [-0.3, -0.25) is 9.59 Å². The molecule has 4 N–H and O–H groups in total. The first-order chi connectivity index (χ1) is 15.6. The van der Waals surface area contributed by atoms with Gasteiger partial charge < -0.3 is 20.7 Å². The molecule has 0 spiro atoms. The standard InChI is InChI=1S/C25H30N4O3S/c1-13-27-22-21-19(11-25(2,3)12-20(21)31)29(24(22)33-13)15-6-9-17(23(26)32)18(10-15)28-14-4-7-16(30)8-5-14/h6,9-10,14,16,28,30H,4-5,7-8,11-12H2,1-3H3,(H2,26,32)/t14-,16-. The molecule has 2 heterocycles. The molecular weight excluding hydrogens is 436 g/mol. The number of thiazole rings is 1. The summed E-state index contributed by atoms with van der Waals surface area (Å²) in [5.74, 6) is -0.340. The molecule has 1 fully saturated rings. The highest BCUT2D eigenvalue weighted by atomic mass is 32.1. The normalized spacial score (nSPS) is 22.4. The highest BCUT2D eigenvalue weighted by Gasteiger charge is 2.37. The van der Waals surface area contributed by atoms with Crippen LogP contribution in [-0.4, -0.2) is 38.5 Å². The monoisotopic (exact) mass is 466 g/mol. The third kappa shape index (κ3) is 3.95. The minimum Gasteiger partial charge on any atom is -0.393 e. The maximum absolute atomic E-state index is 13.1. The van der Waals surface area contributed by atoms with Gasteiger partial charge in [0.2, 0.25) is 0 Å². The predicted molar refractivity (Wildman–Crippen MR) is 131 cm³/mol. The van der Waals surface area contributed by atoms with Crippen LogP contribution in [0, 0.1) is 12.3 Å². The molecule has 5 rings (SSSR count). The van der Waals surface area contributed by atoms with E-state index in [2.05, 4.69) is 23.7 Å². The Morgan fingerprint density at radius 2 is 1.97 bits per heavy atom. The van der Waals surface area contributed by atoms with Crippen molar-refractivity contribution in [3.63, 3.8) is 0 Å². The molecule has 1 aromatic carbocycles. The largest absolute Gasteiger partial charge is 0.393 e. The van der Waals surface area contributed by atoms with Crippen LogP contribution in [-0.2, 0) is 6.42 Å². The molecule has 7 nitrogen and oxygen atoms in total. The van der Waals surface area contributed by atoms with Crippen LogP contribution >= 0.6 is 11.3 Å². The molecule has 1 saturated carbocycles. The van der Waals surface area contributed by atoms with E-state index in [-0.39, 0.29) is 23.3 Å². The van der Waals surface area contributed by atoms with Crippen LogP contribution in [0.5, 0.6) is 0 Å². The number of anilines is 1. The molecule has 33 heavy (non-hydrogen) atoms. The number of primary amides is 1. The van der Waals surface area contributed by atoms with Crippen molar-refractivity contribution in [2.75, 3.05) is 5.32 Å². The van der Waals surface area contributed by atoms with E-state index >= 15 is 0 Å². The molecule has 0 radical (unpaired) electrons. The van der Waals surface area contributed by atoms with Crippen LogP contribution < -0.4 is 11.1 Å². The third-order valence-corrected chi connectivity index (χ3v) is 7.82. The van der Waals surface area contributed by atoms with Crippen LogP contribution in [0.4, 0.5) is 5.69 Å². The van der Waals surface area contributed by atoms with Gasteiger partial charge in [0, 0.05) is 29.5 Å². The lowest BCUT2D eigenvalue weighted by molar-refractivity contribution is 0.0911. The number of ketones is 1.